The van der Waals surface area contributed by atoms with Crippen LogP contribution < -0.4 is 5.73 Å². The van der Waals surface area contributed by atoms with Crippen molar-refractivity contribution in [3.63, 3.8) is 0 Å². The number of methoxy groups -OCH3 is 1. The van der Waals surface area contributed by atoms with Gasteiger partial charge in [-0.2, -0.15) is 11.8 Å². The summed E-state index contributed by atoms with van der Waals surface area (Å²) in [5, 5.41) is 11.3. The Hall–Kier alpha value is -2.98. The van der Waals surface area contributed by atoms with Gasteiger partial charge in [0.15, 0.2) is 0 Å². The number of nitro benzene ring substituents is 1. The quantitative estimate of drug-likeness (QED) is 0.348. The summed E-state index contributed by atoms with van der Waals surface area (Å²) in [6.45, 7) is 5.27. The molecule has 10 heteroatoms. The number of nitro groups is 1. The van der Waals surface area contributed by atoms with E-state index >= 15 is 0 Å². The number of benzene rings is 1. The van der Waals surface area contributed by atoms with Crippen LogP contribution in [-0.2, 0) is 15.2 Å². The van der Waals surface area contributed by atoms with Gasteiger partial charge < -0.3 is 15.2 Å². The number of rotatable bonds is 9. The zero-order chi connectivity index (χ0) is 23.1. The molecule has 0 saturated carbocycles. The average molecular weight is 448 g/mol. The van der Waals surface area contributed by atoms with Crippen LogP contribution in [0.25, 0.3) is 11.1 Å². The first-order valence-electron chi connectivity index (χ1n) is 9.58. The van der Waals surface area contributed by atoms with Gasteiger partial charge in [0.1, 0.15) is 0 Å². The summed E-state index contributed by atoms with van der Waals surface area (Å²) in [7, 11) is 1.22. The Morgan fingerprint density at radius 3 is 2.58 bits per heavy atom. The maximum absolute atomic E-state index is 13.0. The number of esters is 2. The normalized spacial score (nSPS) is 11.6. The third-order valence-corrected chi connectivity index (χ3v) is 5.53. The molecule has 0 spiro atoms. The summed E-state index contributed by atoms with van der Waals surface area (Å²) >= 11 is 1.49. The molecule has 2 rings (SSSR count). The van der Waals surface area contributed by atoms with Crippen LogP contribution in [0.5, 0.6) is 0 Å². The number of carbonyl (C=O) groups is 2. The minimum absolute atomic E-state index is 0.0530. The van der Waals surface area contributed by atoms with E-state index in [0.29, 0.717) is 28.5 Å². The van der Waals surface area contributed by atoms with Crippen LogP contribution in [0.3, 0.4) is 0 Å². The van der Waals surface area contributed by atoms with Gasteiger partial charge in [-0.05, 0) is 26.3 Å². The molecule has 1 unspecified atom stereocenters. The molecule has 166 valence electrons. The highest BCUT2D eigenvalue weighted by Gasteiger charge is 2.29. The lowest BCUT2D eigenvalue weighted by molar-refractivity contribution is -0.384. The maximum atomic E-state index is 13.0. The SMILES string of the molecule is CCOC(=O)c1c(CSCC(C)N)nc(C)c(C(=O)OC)c1-c1cccc([N+](=O)[O-])c1. The van der Waals surface area contributed by atoms with E-state index in [9.17, 15) is 19.7 Å². The summed E-state index contributed by atoms with van der Waals surface area (Å²) in [5.74, 6) is -0.391. The van der Waals surface area contributed by atoms with E-state index in [0.717, 1.165) is 0 Å². The molecule has 0 saturated heterocycles. The number of ether oxygens (including phenoxy) is 2. The second-order valence-corrected chi connectivity index (χ2v) is 7.81. The largest absolute Gasteiger partial charge is 0.465 e. The van der Waals surface area contributed by atoms with Crippen molar-refractivity contribution in [1.82, 2.24) is 4.98 Å². The van der Waals surface area contributed by atoms with Gasteiger partial charge >= 0.3 is 11.9 Å². The van der Waals surface area contributed by atoms with Crippen molar-refractivity contribution in [3.05, 3.63) is 56.9 Å². The van der Waals surface area contributed by atoms with Crippen molar-refractivity contribution in [2.75, 3.05) is 19.5 Å². The number of nitrogens with two attached hydrogens (primary N) is 1. The second kappa shape index (κ2) is 10.9. The smallest absolute Gasteiger partial charge is 0.340 e. The summed E-state index contributed by atoms with van der Waals surface area (Å²) in [6.07, 6.45) is 0. The molecule has 2 aromatic rings. The Kier molecular flexibility index (Phi) is 8.52. The van der Waals surface area contributed by atoms with E-state index in [1.807, 2.05) is 6.92 Å². The minimum atomic E-state index is -0.702. The predicted molar refractivity (Wildman–Crippen MR) is 118 cm³/mol. The zero-order valence-corrected chi connectivity index (χ0v) is 18.7. The number of hydrogen-bond donors (Lipinski definition) is 1. The first kappa shape index (κ1) is 24.3. The number of thioether (sulfide) groups is 1. The zero-order valence-electron chi connectivity index (χ0n) is 17.8. The lowest BCUT2D eigenvalue weighted by atomic mass is 9.92. The monoisotopic (exact) mass is 447 g/mol. The molecule has 31 heavy (non-hydrogen) atoms. The van der Waals surface area contributed by atoms with Crippen molar-refractivity contribution < 1.29 is 24.0 Å². The number of carbonyl (C=O) groups excluding carboxylic acids is 2. The van der Waals surface area contributed by atoms with E-state index < -0.39 is 16.9 Å². The molecular weight excluding hydrogens is 422 g/mol. The molecule has 1 atom stereocenters. The molecular formula is C21H25N3O6S. The van der Waals surface area contributed by atoms with Crippen LogP contribution in [-0.4, -0.2) is 47.4 Å². The summed E-state index contributed by atoms with van der Waals surface area (Å²) in [5.41, 5.74) is 7.08. The highest BCUT2D eigenvalue weighted by molar-refractivity contribution is 7.98. The first-order chi connectivity index (χ1) is 14.7. The standard InChI is InChI=1S/C21H25N3O6S/c1-5-30-21(26)19-16(11-31-10-12(2)22)23-13(3)17(20(25)29-4)18(19)14-7-6-8-15(9-14)24(27)28/h6-9,12H,5,10-11,22H2,1-4H3. The van der Waals surface area contributed by atoms with E-state index in [-0.39, 0.29) is 35.0 Å². The van der Waals surface area contributed by atoms with Crippen LogP contribution in [0.1, 0.15) is 46.0 Å². The van der Waals surface area contributed by atoms with Crippen LogP contribution in [0.4, 0.5) is 5.69 Å². The number of hydrogen-bond acceptors (Lipinski definition) is 9. The molecule has 0 radical (unpaired) electrons. The van der Waals surface area contributed by atoms with Gasteiger partial charge in [0.05, 0.1) is 41.2 Å². The fourth-order valence-corrected chi connectivity index (χ4v) is 3.94. The van der Waals surface area contributed by atoms with Crippen molar-refractivity contribution >= 4 is 29.4 Å². The number of aryl methyl sites for hydroxylation is 1. The Morgan fingerprint density at radius 1 is 1.29 bits per heavy atom. The summed E-state index contributed by atoms with van der Waals surface area (Å²) in [4.78, 5) is 40.9. The number of aromatic nitrogens is 1. The maximum Gasteiger partial charge on any atom is 0.340 e. The Morgan fingerprint density at radius 2 is 2.00 bits per heavy atom. The molecule has 0 amide bonds. The second-order valence-electron chi connectivity index (χ2n) is 6.78. The van der Waals surface area contributed by atoms with Gasteiger partial charge in [0.25, 0.3) is 5.69 Å². The molecule has 0 bridgehead atoms. The lowest BCUT2D eigenvalue weighted by Gasteiger charge is -2.19. The fraction of sp³-hybridized carbons (Fsp3) is 0.381. The Balaban J connectivity index is 2.85. The highest BCUT2D eigenvalue weighted by Crippen LogP contribution is 2.35. The summed E-state index contributed by atoms with van der Waals surface area (Å²) in [6, 6.07) is 5.67. The molecule has 2 N–H and O–H groups in total. The van der Waals surface area contributed by atoms with Crippen LogP contribution in [0.15, 0.2) is 24.3 Å². The van der Waals surface area contributed by atoms with Gasteiger partial charge in [-0.1, -0.05) is 12.1 Å². The Bertz CT molecular complexity index is 993. The van der Waals surface area contributed by atoms with Crippen LogP contribution in [0.2, 0.25) is 0 Å². The van der Waals surface area contributed by atoms with Crippen molar-refractivity contribution in [1.29, 1.82) is 0 Å². The number of non-ortho nitro benzene ring substituents is 1. The van der Waals surface area contributed by atoms with Crippen molar-refractivity contribution in [2.24, 2.45) is 5.73 Å². The number of pyridine rings is 1. The fourth-order valence-electron chi connectivity index (χ4n) is 3.05. The third-order valence-electron chi connectivity index (χ3n) is 4.29. The van der Waals surface area contributed by atoms with Gasteiger partial charge in [0.2, 0.25) is 0 Å². The number of nitrogens with zero attached hydrogens (tertiary/aromatic N) is 2. The van der Waals surface area contributed by atoms with Crippen LogP contribution in [0, 0.1) is 17.0 Å². The van der Waals surface area contributed by atoms with E-state index in [4.69, 9.17) is 15.2 Å². The van der Waals surface area contributed by atoms with Crippen LogP contribution >= 0.6 is 11.8 Å². The van der Waals surface area contributed by atoms with Gasteiger partial charge in [-0.15, -0.1) is 0 Å². The summed E-state index contributed by atoms with van der Waals surface area (Å²) < 4.78 is 10.2. The molecule has 0 aliphatic heterocycles. The lowest BCUT2D eigenvalue weighted by Crippen LogP contribution is -2.19. The molecule has 1 aromatic carbocycles. The molecule has 0 aliphatic carbocycles. The molecule has 9 nitrogen and oxygen atoms in total. The van der Waals surface area contributed by atoms with E-state index in [1.54, 1.807) is 19.9 Å². The van der Waals surface area contributed by atoms with Crippen molar-refractivity contribution in [2.45, 2.75) is 32.6 Å². The average Bonchev–Trinajstić information content (AvgIpc) is 2.72. The first-order valence-corrected chi connectivity index (χ1v) is 10.7. The van der Waals surface area contributed by atoms with E-state index in [2.05, 4.69) is 4.98 Å². The highest BCUT2D eigenvalue weighted by atomic mass is 32.2. The van der Waals surface area contributed by atoms with Gasteiger partial charge in [-0.25, -0.2) is 9.59 Å². The third kappa shape index (κ3) is 5.80. The van der Waals surface area contributed by atoms with Crippen molar-refractivity contribution in [3.8, 4) is 11.1 Å². The van der Waals surface area contributed by atoms with E-state index in [1.165, 1.54) is 37.1 Å². The Labute approximate surface area is 184 Å². The minimum Gasteiger partial charge on any atom is -0.465 e. The molecule has 0 aliphatic rings. The molecule has 0 fully saturated rings. The van der Waals surface area contributed by atoms with Gasteiger partial charge in [-0.3, -0.25) is 15.1 Å². The molecule has 1 aromatic heterocycles. The topological polar surface area (TPSA) is 135 Å². The van der Waals surface area contributed by atoms with Gasteiger partial charge in [0, 0.05) is 35.2 Å². The molecule has 1 heterocycles. The predicted octanol–water partition coefficient (Wildman–Crippen LogP) is 3.51.